The lowest BCUT2D eigenvalue weighted by atomic mass is 9.96. The molecule has 1 unspecified atom stereocenters. The van der Waals surface area contributed by atoms with Gasteiger partial charge in [0.1, 0.15) is 0 Å². The molecule has 0 radical (unpaired) electrons. The van der Waals surface area contributed by atoms with Crippen LogP contribution in [-0.2, 0) is 16.1 Å². The number of benzene rings is 2. The maximum Gasteiger partial charge on any atom is 0.391 e. The zero-order valence-electron chi connectivity index (χ0n) is 19.1. The van der Waals surface area contributed by atoms with E-state index in [1.807, 2.05) is 54.3 Å². The number of nitrogens with two attached hydrogens (primary N) is 1. The van der Waals surface area contributed by atoms with Crippen molar-refractivity contribution in [1.82, 2.24) is 4.90 Å². The second-order valence-electron chi connectivity index (χ2n) is 9.19. The fraction of sp³-hybridized carbons (Fsp3) is 0.440. The van der Waals surface area contributed by atoms with Crippen LogP contribution in [-0.4, -0.2) is 42.5 Å². The van der Waals surface area contributed by atoms with Crippen molar-refractivity contribution in [2.75, 3.05) is 29.9 Å². The lowest BCUT2D eigenvalue weighted by molar-refractivity contribution is -0.179. The first-order valence-corrected chi connectivity index (χ1v) is 11.5. The predicted molar refractivity (Wildman–Crippen MR) is 125 cm³/mol. The molecule has 2 amide bonds. The Kier molecular flexibility index (Phi) is 6.72. The van der Waals surface area contributed by atoms with Crippen molar-refractivity contribution in [1.29, 1.82) is 0 Å². The summed E-state index contributed by atoms with van der Waals surface area (Å²) < 4.78 is 38.7. The minimum Gasteiger partial charge on any atom is -0.372 e. The molecule has 4 rings (SSSR count). The topological polar surface area (TPSA) is 78.7 Å². The molecular weight excluding hydrogens is 445 g/mol. The first kappa shape index (κ1) is 23.9. The number of aryl methyl sites for hydroxylation is 1. The average Bonchev–Trinajstić information content (AvgIpc) is 3.16. The summed E-state index contributed by atoms with van der Waals surface area (Å²) in [6.07, 6.45) is -3.68. The van der Waals surface area contributed by atoms with Gasteiger partial charge in [-0.3, -0.25) is 9.59 Å². The van der Waals surface area contributed by atoms with Gasteiger partial charge in [0.05, 0.1) is 11.8 Å². The molecule has 2 aliphatic rings. The van der Waals surface area contributed by atoms with Crippen molar-refractivity contribution >= 4 is 28.9 Å². The number of hydrogen-bond donors (Lipinski definition) is 2. The van der Waals surface area contributed by atoms with Gasteiger partial charge in [0.2, 0.25) is 11.8 Å². The minimum atomic E-state index is -4.11. The van der Waals surface area contributed by atoms with E-state index >= 15 is 0 Å². The minimum absolute atomic E-state index is 0.0619. The fourth-order valence-corrected chi connectivity index (χ4v) is 4.66. The summed E-state index contributed by atoms with van der Waals surface area (Å²) in [7, 11) is 0. The van der Waals surface area contributed by atoms with Crippen LogP contribution in [0.4, 0.5) is 30.2 Å². The van der Waals surface area contributed by atoms with E-state index in [0.29, 0.717) is 26.2 Å². The van der Waals surface area contributed by atoms with Gasteiger partial charge in [-0.15, -0.1) is 0 Å². The molecule has 2 aliphatic heterocycles. The van der Waals surface area contributed by atoms with Crippen LogP contribution in [0.1, 0.15) is 30.4 Å². The molecule has 3 N–H and O–H groups in total. The zero-order chi connectivity index (χ0) is 24.5. The Bertz CT molecular complexity index is 1050. The van der Waals surface area contributed by atoms with Crippen molar-refractivity contribution in [2.45, 2.75) is 38.9 Å². The van der Waals surface area contributed by atoms with Gasteiger partial charge in [0, 0.05) is 49.7 Å². The largest absolute Gasteiger partial charge is 0.391 e. The molecule has 2 saturated heterocycles. The monoisotopic (exact) mass is 474 g/mol. The Morgan fingerprint density at radius 2 is 1.74 bits per heavy atom. The number of nitrogens with one attached hydrogen (secondary N) is 1. The van der Waals surface area contributed by atoms with E-state index in [1.54, 1.807) is 4.90 Å². The molecule has 0 aromatic heterocycles. The first-order chi connectivity index (χ1) is 16.1. The van der Waals surface area contributed by atoms with Gasteiger partial charge in [0.15, 0.2) is 0 Å². The maximum absolute atomic E-state index is 12.9. The van der Waals surface area contributed by atoms with Crippen molar-refractivity contribution in [2.24, 2.45) is 17.6 Å². The first-order valence-electron chi connectivity index (χ1n) is 11.5. The summed E-state index contributed by atoms with van der Waals surface area (Å²) in [6.45, 7) is 3.57. The smallest absolute Gasteiger partial charge is 0.372 e. The van der Waals surface area contributed by atoms with Crippen molar-refractivity contribution < 1.29 is 22.8 Å². The van der Waals surface area contributed by atoms with Gasteiger partial charge < -0.3 is 20.9 Å². The number of anilines is 3. The Morgan fingerprint density at radius 3 is 2.29 bits per heavy atom. The van der Waals surface area contributed by atoms with Crippen LogP contribution in [0.15, 0.2) is 42.5 Å². The van der Waals surface area contributed by atoms with Crippen LogP contribution in [0.25, 0.3) is 0 Å². The number of primary amides is 1. The van der Waals surface area contributed by atoms with E-state index in [4.69, 9.17) is 5.73 Å². The molecule has 0 spiro atoms. The molecule has 1 atom stereocenters. The molecule has 0 saturated carbocycles. The molecule has 0 aliphatic carbocycles. The van der Waals surface area contributed by atoms with Crippen LogP contribution < -0.4 is 16.0 Å². The van der Waals surface area contributed by atoms with Gasteiger partial charge in [-0.05, 0) is 67.3 Å². The lowest BCUT2D eigenvalue weighted by Crippen LogP contribution is -2.38. The zero-order valence-corrected chi connectivity index (χ0v) is 19.1. The number of halogens is 3. The summed E-state index contributed by atoms with van der Waals surface area (Å²) >= 11 is 0. The summed E-state index contributed by atoms with van der Waals surface area (Å²) in [5.74, 6) is -2.13. The van der Waals surface area contributed by atoms with Gasteiger partial charge >= 0.3 is 6.18 Å². The van der Waals surface area contributed by atoms with Crippen molar-refractivity contribution in [3.63, 3.8) is 0 Å². The molecule has 2 aromatic carbocycles. The molecular formula is C25H29F3N4O2. The van der Waals surface area contributed by atoms with Crippen LogP contribution in [0.3, 0.4) is 0 Å². The Balaban J connectivity index is 1.34. The SMILES string of the molecule is Cc1cc(Nc2ccc(N3CCC(C(F)(F)F)CC3)cc2)ccc1CN1CC(C(N)=O)CC1=O. The summed E-state index contributed by atoms with van der Waals surface area (Å²) in [4.78, 5) is 27.2. The number of rotatable bonds is 6. The van der Waals surface area contributed by atoms with E-state index in [0.717, 1.165) is 28.2 Å². The standard InChI is InChI=1S/C25H29F3N4O2/c1-16-12-21(3-2-17(16)14-32-15-18(24(29)34)13-23(32)33)30-20-4-6-22(7-5-20)31-10-8-19(9-11-31)25(26,27)28/h2-7,12,18-19,30H,8-11,13-15H2,1H3,(H2,29,34). The van der Waals surface area contributed by atoms with Crippen molar-refractivity contribution in [3.8, 4) is 0 Å². The van der Waals surface area contributed by atoms with Crippen molar-refractivity contribution in [3.05, 3.63) is 53.6 Å². The van der Waals surface area contributed by atoms with Gasteiger partial charge in [-0.2, -0.15) is 13.2 Å². The number of alkyl halides is 3. The molecule has 2 heterocycles. The number of carbonyl (C=O) groups is 2. The quantitative estimate of drug-likeness (QED) is 0.653. The number of likely N-dealkylation sites (tertiary alicyclic amines) is 1. The van der Waals surface area contributed by atoms with E-state index in [2.05, 4.69) is 5.32 Å². The number of amides is 2. The van der Waals surface area contributed by atoms with E-state index in [1.165, 1.54) is 0 Å². The summed E-state index contributed by atoms with van der Waals surface area (Å²) in [6, 6.07) is 13.6. The van der Waals surface area contributed by atoms with Gasteiger partial charge in [-0.25, -0.2) is 0 Å². The van der Waals surface area contributed by atoms with Crippen LogP contribution in [0.5, 0.6) is 0 Å². The summed E-state index contributed by atoms with van der Waals surface area (Å²) in [5.41, 5.74) is 10.0. The molecule has 9 heteroatoms. The van der Waals surface area contributed by atoms with Crippen LogP contribution >= 0.6 is 0 Å². The molecule has 182 valence electrons. The normalized spacial score (nSPS) is 19.5. The predicted octanol–water partition coefficient (Wildman–Crippen LogP) is 4.35. The fourth-order valence-electron chi connectivity index (χ4n) is 4.66. The Hall–Kier alpha value is -3.23. The molecule has 34 heavy (non-hydrogen) atoms. The highest BCUT2D eigenvalue weighted by atomic mass is 19.4. The third-order valence-corrected chi connectivity index (χ3v) is 6.80. The third kappa shape index (κ3) is 5.46. The third-order valence-electron chi connectivity index (χ3n) is 6.80. The molecule has 2 aromatic rings. The number of nitrogens with zero attached hydrogens (tertiary/aromatic N) is 2. The van der Waals surface area contributed by atoms with E-state index in [-0.39, 0.29) is 25.2 Å². The Labute approximate surface area is 196 Å². The van der Waals surface area contributed by atoms with Gasteiger partial charge in [-0.1, -0.05) is 6.07 Å². The number of hydrogen-bond acceptors (Lipinski definition) is 4. The highest BCUT2D eigenvalue weighted by Gasteiger charge is 2.41. The average molecular weight is 475 g/mol. The van der Waals surface area contributed by atoms with E-state index in [9.17, 15) is 22.8 Å². The second-order valence-corrected chi connectivity index (χ2v) is 9.19. The summed E-state index contributed by atoms with van der Waals surface area (Å²) in [5, 5.41) is 3.34. The van der Waals surface area contributed by atoms with Gasteiger partial charge in [0.25, 0.3) is 0 Å². The molecule has 6 nitrogen and oxygen atoms in total. The number of piperidine rings is 1. The molecule has 0 bridgehead atoms. The highest BCUT2D eigenvalue weighted by molar-refractivity contribution is 5.88. The number of carbonyl (C=O) groups excluding carboxylic acids is 2. The van der Waals surface area contributed by atoms with Crippen LogP contribution in [0, 0.1) is 18.8 Å². The highest BCUT2D eigenvalue weighted by Crippen LogP contribution is 2.35. The molecule has 2 fully saturated rings. The van der Waals surface area contributed by atoms with E-state index < -0.39 is 23.9 Å². The Morgan fingerprint density at radius 1 is 1.09 bits per heavy atom. The van der Waals surface area contributed by atoms with Crippen LogP contribution in [0.2, 0.25) is 0 Å². The maximum atomic E-state index is 12.9. The lowest BCUT2D eigenvalue weighted by Gasteiger charge is -2.34. The second kappa shape index (κ2) is 9.56.